The van der Waals surface area contributed by atoms with E-state index in [-0.39, 0.29) is 0 Å². The van der Waals surface area contributed by atoms with Crippen molar-refractivity contribution in [1.29, 1.82) is 0 Å². The Bertz CT molecular complexity index is 420. The molecule has 2 heterocycles. The Hall–Kier alpha value is -1.62. The van der Waals surface area contributed by atoms with Gasteiger partial charge in [0, 0.05) is 24.4 Å². The molecule has 0 atom stereocenters. The lowest BCUT2D eigenvalue weighted by atomic mass is 10.3. The minimum atomic E-state index is 0.442. The highest BCUT2D eigenvalue weighted by molar-refractivity contribution is 6.29. The average molecular weight is 224 g/mol. The predicted octanol–water partition coefficient (Wildman–Crippen LogP) is 1.77. The summed E-state index contributed by atoms with van der Waals surface area (Å²) in [6.07, 6.45) is 3.57. The third-order valence-corrected chi connectivity index (χ3v) is 2.03. The minimum Gasteiger partial charge on any atom is -0.366 e. The number of aromatic amines is 1. The van der Waals surface area contributed by atoms with Gasteiger partial charge in [-0.25, -0.2) is 9.97 Å². The summed E-state index contributed by atoms with van der Waals surface area (Å²) in [4.78, 5) is 8.17. The molecule has 0 spiro atoms. The zero-order chi connectivity index (χ0) is 10.7. The fourth-order valence-corrected chi connectivity index (χ4v) is 1.41. The van der Waals surface area contributed by atoms with Crippen molar-refractivity contribution in [2.24, 2.45) is 0 Å². The van der Waals surface area contributed by atoms with Crippen molar-refractivity contribution >= 4 is 17.4 Å². The number of aryl methyl sites for hydroxylation is 1. The minimum absolute atomic E-state index is 0.442. The van der Waals surface area contributed by atoms with Crippen LogP contribution in [-0.4, -0.2) is 20.2 Å². The van der Waals surface area contributed by atoms with Crippen molar-refractivity contribution in [3.8, 4) is 0 Å². The van der Waals surface area contributed by atoms with Crippen molar-refractivity contribution in [2.45, 2.75) is 13.5 Å². The number of H-pyrrole nitrogens is 1. The van der Waals surface area contributed by atoms with E-state index in [1.54, 1.807) is 19.2 Å². The molecule has 0 saturated carbocycles. The first-order chi connectivity index (χ1) is 7.24. The highest BCUT2D eigenvalue weighted by Gasteiger charge is 2.00. The van der Waals surface area contributed by atoms with Crippen molar-refractivity contribution in [1.82, 2.24) is 20.2 Å². The molecule has 0 aliphatic heterocycles. The molecule has 2 aromatic heterocycles. The van der Waals surface area contributed by atoms with Gasteiger partial charge in [0.15, 0.2) is 0 Å². The summed E-state index contributed by atoms with van der Waals surface area (Å²) in [5.74, 6) is 1.37. The smallest absolute Gasteiger partial charge is 0.134 e. The Morgan fingerprint density at radius 2 is 2.33 bits per heavy atom. The van der Waals surface area contributed by atoms with Crippen LogP contribution in [0.15, 0.2) is 18.5 Å². The van der Waals surface area contributed by atoms with E-state index in [2.05, 4.69) is 25.5 Å². The maximum atomic E-state index is 5.80. The standard InChI is InChI=1S/C9H10ClN5/c1-6-14-8(10)2-9(15-6)11-3-7-4-12-13-5-7/h2,4-5H,3H2,1H3,(H,12,13)(H,11,14,15). The normalized spacial score (nSPS) is 10.3. The van der Waals surface area contributed by atoms with Gasteiger partial charge in [-0.05, 0) is 6.92 Å². The molecule has 0 aliphatic carbocycles. The summed E-state index contributed by atoms with van der Waals surface area (Å²) in [6.45, 7) is 2.46. The lowest BCUT2D eigenvalue weighted by Gasteiger charge is -2.04. The summed E-state index contributed by atoms with van der Waals surface area (Å²) < 4.78 is 0. The van der Waals surface area contributed by atoms with Gasteiger partial charge in [0.05, 0.1) is 6.20 Å². The number of anilines is 1. The molecule has 0 fully saturated rings. The monoisotopic (exact) mass is 223 g/mol. The molecule has 5 nitrogen and oxygen atoms in total. The highest BCUT2D eigenvalue weighted by Crippen LogP contribution is 2.11. The van der Waals surface area contributed by atoms with Crippen LogP contribution in [0.4, 0.5) is 5.82 Å². The van der Waals surface area contributed by atoms with Gasteiger partial charge < -0.3 is 5.32 Å². The van der Waals surface area contributed by atoms with E-state index in [9.17, 15) is 0 Å². The van der Waals surface area contributed by atoms with Gasteiger partial charge in [-0.1, -0.05) is 11.6 Å². The topological polar surface area (TPSA) is 66.5 Å². The number of nitrogens with zero attached hydrogens (tertiary/aromatic N) is 3. The third-order valence-electron chi connectivity index (χ3n) is 1.84. The predicted molar refractivity (Wildman–Crippen MR) is 57.7 cm³/mol. The summed E-state index contributed by atoms with van der Waals surface area (Å²) in [7, 11) is 0. The number of rotatable bonds is 3. The quantitative estimate of drug-likeness (QED) is 0.779. The van der Waals surface area contributed by atoms with Crippen molar-refractivity contribution in [3.05, 3.63) is 35.0 Å². The Kier molecular flexibility index (Phi) is 2.82. The van der Waals surface area contributed by atoms with E-state index >= 15 is 0 Å². The molecule has 0 bridgehead atoms. The third kappa shape index (κ3) is 2.66. The van der Waals surface area contributed by atoms with E-state index in [0.29, 0.717) is 23.3 Å². The van der Waals surface area contributed by atoms with E-state index in [0.717, 1.165) is 5.56 Å². The van der Waals surface area contributed by atoms with Crippen LogP contribution in [0.5, 0.6) is 0 Å². The van der Waals surface area contributed by atoms with Crippen LogP contribution in [0, 0.1) is 6.92 Å². The van der Waals surface area contributed by atoms with Crippen molar-refractivity contribution in [2.75, 3.05) is 5.32 Å². The molecular formula is C9H10ClN5. The molecular weight excluding hydrogens is 214 g/mol. The first kappa shape index (κ1) is 9.92. The summed E-state index contributed by atoms with van der Waals surface area (Å²) >= 11 is 5.80. The van der Waals surface area contributed by atoms with Gasteiger partial charge in [-0.3, -0.25) is 5.10 Å². The van der Waals surface area contributed by atoms with Gasteiger partial charge in [0.1, 0.15) is 16.8 Å². The maximum Gasteiger partial charge on any atom is 0.134 e. The Balaban J connectivity index is 2.05. The summed E-state index contributed by atoms with van der Waals surface area (Å²) in [5, 5.41) is 10.2. The number of hydrogen-bond acceptors (Lipinski definition) is 4. The van der Waals surface area contributed by atoms with Gasteiger partial charge >= 0.3 is 0 Å². The maximum absolute atomic E-state index is 5.80. The molecule has 0 aromatic carbocycles. The molecule has 2 aromatic rings. The van der Waals surface area contributed by atoms with Gasteiger partial charge in [0.25, 0.3) is 0 Å². The average Bonchev–Trinajstić information content (AvgIpc) is 2.65. The fraction of sp³-hybridized carbons (Fsp3) is 0.222. The number of halogens is 1. The summed E-state index contributed by atoms with van der Waals surface area (Å²) in [5.41, 5.74) is 1.06. The Morgan fingerprint density at radius 3 is 3.00 bits per heavy atom. The van der Waals surface area contributed by atoms with Crippen LogP contribution in [0.3, 0.4) is 0 Å². The van der Waals surface area contributed by atoms with Crippen LogP contribution in [0.2, 0.25) is 5.15 Å². The second-order valence-corrected chi connectivity index (χ2v) is 3.47. The van der Waals surface area contributed by atoms with Crippen molar-refractivity contribution < 1.29 is 0 Å². The highest BCUT2D eigenvalue weighted by atomic mass is 35.5. The SMILES string of the molecule is Cc1nc(Cl)cc(NCc2cn[nH]c2)n1. The van der Waals surface area contributed by atoms with Crippen LogP contribution in [0.25, 0.3) is 0 Å². The lowest BCUT2D eigenvalue weighted by Crippen LogP contribution is -2.02. The fourth-order valence-electron chi connectivity index (χ4n) is 1.19. The second-order valence-electron chi connectivity index (χ2n) is 3.08. The van der Waals surface area contributed by atoms with Crippen LogP contribution < -0.4 is 5.32 Å². The van der Waals surface area contributed by atoms with E-state index in [4.69, 9.17) is 11.6 Å². The first-order valence-corrected chi connectivity index (χ1v) is 4.84. The largest absolute Gasteiger partial charge is 0.366 e. The molecule has 0 aliphatic rings. The Labute approximate surface area is 91.9 Å². The zero-order valence-corrected chi connectivity index (χ0v) is 8.91. The number of hydrogen-bond donors (Lipinski definition) is 2. The van der Waals surface area contributed by atoms with Crippen LogP contribution >= 0.6 is 11.6 Å². The van der Waals surface area contributed by atoms with Crippen LogP contribution in [-0.2, 0) is 6.54 Å². The molecule has 6 heteroatoms. The van der Waals surface area contributed by atoms with E-state index in [1.165, 1.54) is 0 Å². The van der Waals surface area contributed by atoms with Gasteiger partial charge in [-0.2, -0.15) is 5.10 Å². The van der Waals surface area contributed by atoms with Gasteiger partial charge in [0.2, 0.25) is 0 Å². The lowest BCUT2D eigenvalue weighted by molar-refractivity contribution is 1.02. The molecule has 2 rings (SSSR count). The molecule has 2 N–H and O–H groups in total. The first-order valence-electron chi connectivity index (χ1n) is 4.47. The molecule has 0 radical (unpaired) electrons. The molecule has 0 saturated heterocycles. The number of aromatic nitrogens is 4. The Morgan fingerprint density at radius 1 is 1.47 bits per heavy atom. The molecule has 15 heavy (non-hydrogen) atoms. The van der Waals surface area contributed by atoms with Gasteiger partial charge in [-0.15, -0.1) is 0 Å². The van der Waals surface area contributed by atoms with Crippen molar-refractivity contribution in [3.63, 3.8) is 0 Å². The number of nitrogens with one attached hydrogen (secondary N) is 2. The summed E-state index contributed by atoms with van der Waals surface area (Å²) in [6, 6.07) is 1.69. The van der Waals surface area contributed by atoms with E-state index < -0.39 is 0 Å². The van der Waals surface area contributed by atoms with E-state index in [1.807, 2.05) is 6.20 Å². The molecule has 0 amide bonds. The van der Waals surface area contributed by atoms with Crippen LogP contribution in [0.1, 0.15) is 11.4 Å². The second kappa shape index (κ2) is 4.27. The molecule has 78 valence electrons. The zero-order valence-electron chi connectivity index (χ0n) is 8.16. The molecule has 0 unspecified atom stereocenters.